The number of nitrogens with one attached hydrogen (secondary N) is 1. The molecule has 6 heteroatoms. The van der Waals surface area contributed by atoms with E-state index in [2.05, 4.69) is 9.97 Å². The summed E-state index contributed by atoms with van der Waals surface area (Å²) in [6.45, 7) is 1.93. The Hall–Kier alpha value is -2.08. The van der Waals surface area contributed by atoms with E-state index in [4.69, 9.17) is 0 Å². The topological polar surface area (TPSA) is 66.1 Å². The Morgan fingerprint density at radius 1 is 1.29 bits per heavy atom. The summed E-state index contributed by atoms with van der Waals surface area (Å²) in [4.78, 5) is 33.7. The number of hydrogen-bond donors (Lipinski definition) is 1. The molecule has 1 aromatic carbocycles. The summed E-state index contributed by atoms with van der Waals surface area (Å²) in [5.74, 6) is -0.430. The number of carbonyl (C=O) groups excluding carboxylic acids is 1. The van der Waals surface area contributed by atoms with Gasteiger partial charge in [-0.25, -0.2) is 4.98 Å². The number of thioether (sulfide) groups is 1. The minimum atomic E-state index is -0.247. The lowest BCUT2D eigenvalue weighted by atomic mass is 9.93. The van der Waals surface area contributed by atoms with Gasteiger partial charge < -0.3 is 9.88 Å². The molecule has 1 aromatic heterocycles. The smallest absolute Gasteiger partial charge is 0.277 e. The van der Waals surface area contributed by atoms with Crippen molar-refractivity contribution >= 4 is 23.4 Å². The number of carbonyl (C=O) groups is 1. The molecule has 0 spiro atoms. The van der Waals surface area contributed by atoms with Gasteiger partial charge in [-0.3, -0.25) is 9.59 Å². The molecule has 0 fully saturated rings. The Balaban J connectivity index is 2.35. The van der Waals surface area contributed by atoms with Crippen LogP contribution < -0.4 is 10.5 Å². The maximum atomic E-state index is 12.7. The van der Waals surface area contributed by atoms with Crippen molar-refractivity contribution in [3.63, 3.8) is 0 Å². The standard InChI is InChI=1S/C15H15N3O2S/c1-8-9-6-4-5-7-10(9)18(2)14(20)12-11(8)13(19)17-15(16-12)21-3/h4-8H,1-3H3,(H,16,17,19). The number of rotatable bonds is 1. The Bertz CT molecular complexity index is 785. The summed E-state index contributed by atoms with van der Waals surface area (Å²) in [5.41, 5.74) is 2.22. The first-order valence-electron chi connectivity index (χ1n) is 6.59. The first kappa shape index (κ1) is 13.9. The first-order chi connectivity index (χ1) is 10.0. The third-order valence-corrected chi connectivity index (χ3v) is 4.41. The summed E-state index contributed by atoms with van der Waals surface area (Å²) < 4.78 is 0. The van der Waals surface area contributed by atoms with E-state index in [9.17, 15) is 9.59 Å². The van der Waals surface area contributed by atoms with E-state index in [1.165, 1.54) is 11.8 Å². The molecule has 2 heterocycles. The highest BCUT2D eigenvalue weighted by atomic mass is 32.2. The van der Waals surface area contributed by atoms with Crippen LogP contribution in [0.2, 0.25) is 0 Å². The average molecular weight is 301 g/mol. The summed E-state index contributed by atoms with van der Waals surface area (Å²) in [7, 11) is 1.71. The van der Waals surface area contributed by atoms with E-state index in [1.54, 1.807) is 11.9 Å². The molecule has 0 radical (unpaired) electrons. The van der Waals surface area contributed by atoms with Gasteiger partial charge in [0, 0.05) is 18.7 Å². The van der Waals surface area contributed by atoms with Gasteiger partial charge in [-0.05, 0) is 17.9 Å². The van der Waals surface area contributed by atoms with E-state index in [1.807, 2.05) is 37.4 Å². The second-order valence-electron chi connectivity index (χ2n) is 4.98. The van der Waals surface area contributed by atoms with Crippen molar-refractivity contribution in [2.45, 2.75) is 18.0 Å². The van der Waals surface area contributed by atoms with Crippen molar-refractivity contribution < 1.29 is 4.79 Å². The molecule has 1 unspecified atom stereocenters. The number of anilines is 1. The van der Waals surface area contributed by atoms with Crippen LogP contribution in [0.5, 0.6) is 0 Å². The Kier molecular flexibility index (Phi) is 3.33. The number of benzene rings is 1. The molecule has 1 amide bonds. The van der Waals surface area contributed by atoms with Crippen molar-refractivity contribution in [2.75, 3.05) is 18.2 Å². The van der Waals surface area contributed by atoms with Crippen molar-refractivity contribution in [3.8, 4) is 0 Å². The zero-order chi connectivity index (χ0) is 15.1. The number of para-hydroxylation sites is 1. The monoisotopic (exact) mass is 301 g/mol. The largest absolute Gasteiger partial charge is 0.310 e. The number of amides is 1. The lowest BCUT2D eigenvalue weighted by molar-refractivity contribution is 0.0987. The second-order valence-corrected chi connectivity index (χ2v) is 5.78. The lowest BCUT2D eigenvalue weighted by Crippen LogP contribution is -2.29. The van der Waals surface area contributed by atoms with Gasteiger partial charge in [0.05, 0.1) is 5.56 Å². The number of hydrogen-bond acceptors (Lipinski definition) is 4. The van der Waals surface area contributed by atoms with Crippen molar-refractivity contribution in [3.05, 3.63) is 51.4 Å². The van der Waals surface area contributed by atoms with Gasteiger partial charge in [0.2, 0.25) is 0 Å². The third kappa shape index (κ3) is 2.06. The van der Waals surface area contributed by atoms with Gasteiger partial charge in [-0.15, -0.1) is 0 Å². The minimum absolute atomic E-state index is 0.183. The van der Waals surface area contributed by atoms with Crippen molar-refractivity contribution in [1.82, 2.24) is 9.97 Å². The van der Waals surface area contributed by atoms with E-state index < -0.39 is 0 Å². The highest BCUT2D eigenvalue weighted by Gasteiger charge is 2.32. The third-order valence-electron chi connectivity index (χ3n) is 3.83. The Labute approximate surface area is 126 Å². The van der Waals surface area contributed by atoms with Crippen LogP contribution in [0.1, 0.15) is 34.5 Å². The molecule has 1 aliphatic heterocycles. The fourth-order valence-electron chi connectivity index (χ4n) is 2.71. The quantitative estimate of drug-likeness (QED) is 0.648. The van der Waals surface area contributed by atoms with Crippen molar-refractivity contribution in [2.24, 2.45) is 0 Å². The molecule has 0 saturated carbocycles. The van der Waals surface area contributed by atoms with Crippen LogP contribution in [-0.4, -0.2) is 29.2 Å². The van der Waals surface area contributed by atoms with E-state index in [0.29, 0.717) is 10.7 Å². The molecule has 0 saturated heterocycles. The van der Waals surface area contributed by atoms with Gasteiger partial charge in [0.15, 0.2) is 5.16 Å². The molecule has 1 N–H and O–H groups in total. The minimum Gasteiger partial charge on any atom is -0.310 e. The number of nitrogens with zero attached hydrogens (tertiary/aromatic N) is 2. The zero-order valence-electron chi connectivity index (χ0n) is 12.0. The molecule has 1 aliphatic rings. The van der Waals surface area contributed by atoms with Crippen LogP contribution in [0.4, 0.5) is 5.69 Å². The summed E-state index contributed by atoms with van der Waals surface area (Å²) in [5, 5.41) is 0.457. The molecule has 0 aliphatic carbocycles. The maximum Gasteiger partial charge on any atom is 0.277 e. The predicted octanol–water partition coefficient (Wildman–Crippen LogP) is 2.23. The Morgan fingerprint density at radius 2 is 2.00 bits per heavy atom. The van der Waals surface area contributed by atoms with E-state index in [0.717, 1.165) is 11.3 Å². The summed E-state index contributed by atoms with van der Waals surface area (Å²) in [6, 6.07) is 7.63. The number of H-pyrrole nitrogens is 1. The normalized spacial score (nSPS) is 17.2. The van der Waals surface area contributed by atoms with Crippen LogP contribution in [0.15, 0.2) is 34.2 Å². The molecule has 2 aromatic rings. The van der Waals surface area contributed by atoms with Gasteiger partial charge in [0.25, 0.3) is 11.5 Å². The molecular weight excluding hydrogens is 286 g/mol. The molecule has 0 bridgehead atoms. The second kappa shape index (κ2) is 5.04. The van der Waals surface area contributed by atoms with Gasteiger partial charge in [-0.1, -0.05) is 36.9 Å². The van der Waals surface area contributed by atoms with Gasteiger partial charge >= 0.3 is 0 Å². The van der Waals surface area contributed by atoms with Crippen LogP contribution >= 0.6 is 11.8 Å². The summed E-state index contributed by atoms with van der Waals surface area (Å²) >= 11 is 1.31. The fourth-order valence-corrected chi connectivity index (χ4v) is 3.08. The predicted molar refractivity (Wildman–Crippen MR) is 83.3 cm³/mol. The fraction of sp³-hybridized carbons (Fsp3) is 0.267. The van der Waals surface area contributed by atoms with E-state index in [-0.39, 0.29) is 23.1 Å². The van der Waals surface area contributed by atoms with Gasteiger partial charge in [-0.2, -0.15) is 0 Å². The van der Waals surface area contributed by atoms with Gasteiger partial charge in [0.1, 0.15) is 5.69 Å². The molecule has 3 rings (SSSR count). The number of fused-ring (bicyclic) bond motifs is 2. The van der Waals surface area contributed by atoms with Crippen molar-refractivity contribution in [1.29, 1.82) is 0 Å². The highest BCUT2D eigenvalue weighted by molar-refractivity contribution is 7.98. The van der Waals surface area contributed by atoms with E-state index >= 15 is 0 Å². The first-order valence-corrected chi connectivity index (χ1v) is 7.82. The van der Waals surface area contributed by atoms with Crippen LogP contribution in [0.25, 0.3) is 0 Å². The average Bonchev–Trinajstić information content (AvgIpc) is 2.58. The lowest BCUT2D eigenvalue weighted by Gasteiger charge is -2.18. The molecule has 5 nitrogen and oxygen atoms in total. The number of aromatic amines is 1. The molecule has 1 atom stereocenters. The molecule has 108 valence electrons. The highest BCUT2D eigenvalue weighted by Crippen LogP contribution is 2.35. The summed E-state index contributed by atoms with van der Waals surface area (Å²) in [6.07, 6.45) is 1.81. The molecular formula is C15H15N3O2S. The van der Waals surface area contributed by atoms with Crippen LogP contribution in [-0.2, 0) is 0 Å². The SMILES string of the molecule is CSc1nc2c(c(=O)[nH]1)C(C)c1ccccc1N(C)C2=O. The zero-order valence-corrected chi connectivity index (χ0v) is 12.8. The maximum absolute atomic E-state index is 12.7. The Morgan fingerprint density at radius 3 is 2.71 bits per heavy atom. The molecule has 21 heavy (non-hydrogen) atoms. The van der Waals surface area contributed by atoms with Crippen LogP contribution in [0.3, 0.4) is 0 Å². The number of aromatic nitrogens is 2. The van der Waals surface area contributed by atoms with Crippen LogP contribution in [0, 0.1) is 0 Å².